The van der Waals surface area contributed by atoms with Gasteiger partial charge in [0, 0.05) is 16.0 Å². The van der Waals surface area contributed by atoms with Crippen molar-refractivity contribution in [3.05, 3.63) is 29.8 Å². The van der Waals surface area contributed by atoms with Crippen molar-refractivity contribution in [3.8, 4) is 11.8 Å². The summed E-state index contributed by atoms with van der Waals surface area (Å²) in [6.07, 6.45) is 0. The van der Waals surface area contributed by atoms with Crippen molar-refractivity contribution in [3.63, 3.8) is 0 Å². The second-order valence-electron chi connectivity index (χ2n) is 5.44. The molecule has 0 heterocycles. The molecule has 6 nitrogen and oxygen atoms in total. The van der Waals surface area contributed by atoms with Gasteiger partial charge in [-0.2, -0.15) is 0 Å². The molecule has 0 bridgehead atoms. The lowest BCUT2D eigenvalue weighted by Gasteiger charge is -2.29. The average Bonchev–Trinajstić information content (AvgIpc) is 2.51. The standard InChI is InChI=1S/C16H21N3O3S/c1-4-5-10-23-12-8-6-11(7-9-12)14(20)18-13(15(21)19-22)16(2,3)17/h6-9,13,22H,10,17H2,1-3H3,(H,18,20)(H,19,21). The zero-order valence-corrected chi connectivity index (χ0v) is 14.2. The molecule has 2 amide bonds. The van der Waals surface area contributed by atoms with Gasteiger partial charge in [-0.3, -0.25) is 14.8 Å². The lowest BCUT2D eigenvalue weighted by molar-refractivity contribution is -0.132. The monoisotopic (exact) mass is 335 g/mol. The molecule has 0 aliphatic rings. The van der Waals surface area contributed by atoms with Crippen LogP contribution < -0.4 is 16.5 Å². The first-order valence-corrected chi connectivity index (χ1v) is 7.94. The molecule has 0 spiro atoms. The van der Waals surface area contributed by atoms with Crippen molar-refractivity contribution >= 4 is 23.6 Å². The van der Waals surface area contributed by atoms with Crippen LogP contribution in [0.2, 0.25) is 0 Å². The summed E-state index contributed by atoms with van der Waals surface area (Å²) in [6.45, 7) is 4.95. The molecule has 1 unspecified atom stereocenters. The van der Waals surface area contributed by atoms with E-state index in [0.29, 0.717) is 11.3 Å². The fraction of sp³-hybridized carbons (Fsp3) is 0.375. The van der Waals surface area contributed by atoms with Crippen LogP contribution in [0.5, 0.6) is 0 Å². The summed E-state index contributed by atoms with van der Waals surface area (Å²) < 4.78 is 0. The van der Waals surface area contributed by atoms with Gasteiger partial charge < -0.3 is 11.1 Å². The van der Waals surface area contributed by atoms with Crippen LogP contribution in [0, 0.1) is 11.8 Å². The molecule has 1 aromatic rings. The molecular weight excluding hydrogens is 314 g/mol. The number of hydrogen-bond acceptors (Lipinski definition) is 5. The van der Waals surface area contributed by atoms with Crippen LogP contribution in [0.15, 0.2) is 29.2 Å². The van der Waals surface area contributed by atoms with Crippen LogP contribution in [-0.2, 0) is 4.79 Å². The molecule has 0 radical (unpaired) electrons. The fourth-order valence-corrected chi connectivity index (χ4v) is 2.47. The Labute approximate surface area is 140 Å². The normalized spacial score (nSPS) is 11.9. The summed E-state index contributed by atoms with van der Waals surface area (Å²) in [5.41, 5.74) is 6.76. The van der Waals surface area contributed by atoms with Crippen LogP contribution in [0.25, 0.3) is 0 Å². The Bertz CT molecular complexity index is 612. The number of rotatable bonds is 6. The Morgan fingerprint density at radius 3 is 2.43 bits per heavy atom. The molecule has 7 heteroatoms. The van der Waals surface area contributed by atoms with Crippen molar-refractivity contribution < 1.29 is 14.8 Å². The summed E-state index contributed by atoms with van der Waals surface area (Å²) in [7, 11) is 0. The van der Waals surface area contributed by atoms with E-state index in [-0.39, 0.29) is 0 Å². The van der Waals surface area contributed by atoms with E-state index in [1.54, 1.807) is 44.7 Å². The van der Waals surface area contributed by atoms with Crippen molar-refractivity contribution in [2.75, 3.05) is 5.75 Å². The third-order valence-electron chi connectivity index (χ3n) is 3.00. The molecule has 1 atom stereocenters. The first-order valence-electron chi connectivity index (χ1n) is 6.95. The minimum Gasteiger partial charge on any atom is -0.338 e. The van der Waals surface area contributed by atoms with Gasteiger partial charge in [-0.25, -0.2) is 5.48 Å². The first kappa shape index (κ1) is 19.0. The molecule has 1 rings (SSSR count). The molecule has 0 aliphatic carbocycles. The van der Waals surface area contributed by atoms with Gasteiger partial charge in [-0.1, -0.05) is 5.92 Å². The van der Waals surface area contributed by atoms with Gasteiger partial charge in [-0.15, -0.1) is 17.7 Å². The Kier molecular flexibility index (Phi) is 7.10. The maximum atomic E-state index is 12.2. The van der Waals surface area contributed by atoms with Gasteiger partial charge in [0.15, 0.2) is 0 Å². The number of hydroxylamine groups is 1. The van der Waals surface area contributed by atoms with Crippen LogP contribution >= 0.6 is 11.8 Å². The number of amides is 2. The highest BCUT2D eigenvalue weighted by Crippen LogP contribution is 2.18. The maximum Gasteiger partial charge on any atom is 0.267 e. The van der Waals surface area contributed by atoms with Crippen LogP contribution in [0.4, 0.5) is 0 Å². The van der Waals surface area contributed by atoms with Gasteiger partial charge in [0.2, 0.25) is 0 Å². The highest BCUT2D eigenvalue weighted by atomic mass is 32.2. The number of thioether (sulfide) groups is 1. The average molecular weight is 335 g/mol. The maximum absolute atomic E-state index is 12.2. The lowest BCUT2D eigenvalue weighted by atomic mass is 9.95. The zero-order valence-electron chi connectivity index (χ0n) is 13.3. The van der Waals surface area contributed by atoms with E-state index < -0.39 is 23.4 Å². The predicted octanol–water partition coefficient (Wildman–Crippen LogP) is 1.14. The Morgan fingerprint density at radius 2 is 1.96 bits per heavy atom. The largest absolute Gasteiger partial charge is 0.338 e. The summed E-state index contributed by atoms with van der Waals surface area (Å²) in [5, 5.41) is 11.3. The van der Waals surface area contributed by atoms with Gasteiger partial charge >= 0.3 is 0 Å². The van der Waals surface area contributed by atoms with Crippen LogP contribution in [-0.4, -0.2) is 34.4 Å². The molecule has 0 fully saturated rings. The number of nitrogens with two attached hydrogens (primary N) is 1. The number of carbonyl (C=O) groups is 2. The highest BCUT2D eigenvalue weighted by molar-refractivity contribution is 7.99. The van der Waals surface area contributed by atoms with E-state index in [1.165, 1.54) is 5.48 Å². The Balaban J connectivity index is 2.79. The van der Waals surface area contributed by atoms with E-state index in [0.717, 1.165) is 4.90 Å². The summed E-state index contributed by atoms with van der Waals surface area (Å²) in [5.74, 6) is 5.23. The molecule has 1 aromatic carbocycles. The fourth-order valence-electron chi connectivity index (χ4n) is 1.76. The van der Waals surface area contributed by atoms with E-state index in [4.69, 9.17) is 10.9 Å². The van der Waals surface area contributed by atoms with Gasteiger partial charge in [0.25, 0.3) is 11.8 Å². The lowest BCUT2D eigenvalue weighted by Crippen LogP contribution is -2.61. The molecule has 23 heavy (non-hydrogen) atoms. The molecule has 0 aliphatic heterocycles. The van der Waals surface area contributed by atoms with Crippen molar-refractivity contribution in [2.45, 2.75) is 37.2 Å². The molecule has 0 aromatic heterocycles. The van der Waals surface area contributed by atoms with Crippen molar-refractivity contribution in [2.24, 2.45) is 5.73 Å². The van der Waals surface area contributed by atoms with Gasteiger partial charge in [0.05, 0.1) is 5.75 Å². The van der Waals surface area contributed by atoms with Crippen LogP contribution in [0.1, 0.15) is 31.1 Å². The number of carbonyl (C=O) groups excluding carboxylic acids is 2. The quantitative estimate of drug-likeness (QED) is 0.270. The topological polar surface area (TPSA) is 104 Å². The van der Waals surface area contributed by atoms with E-state index >= 15 is 0 Å². The third-order valence-corrected chi connectivity index (χ3v) is 3.89. The molecular formula is C16H21N3O3S. The number of nitrogens with one attached hydrogen (secondary N) is 2. The zero-order chi connectivity index (χ0) is 17.5. The van der Waals surface area contributed by atoms with E-state index in [9.17, 15) is 9.59 Å². The summed E-state index contributed by atoms with van der Waals surface area (Å²) in [6, 6.07) is 5.88. The molecule has 0 saturated heterocycles. The second-order valence-corrected chi connectivity index (χ2v) is 6.49. The third kappa shape index (κ3) is 5.94. The van der Waals surface area contributed by atoms with Crippen molar-refractivity contribution in [1.82, 2.24) is 10.8 Å². The molecule has 124 valence electrons. The Morgan fingerprint density at radius 1 is 1.35 bits per heavy atom. The SMILES string of the molecule is CC#CCSc1ccc(C(=O)NC(C(=O)NO)C(C)(C)N)cc1. The highest BCUT2D eigenvalue weighted by Gasteiger charge is 2.33. The number of benzene rings is 1. The van der Waals surface area contributed by atoms with E-state index in [2.05, 4.69) is 17.2 Å². The predicted molar refractivity (Wildman–Crippen MR) is 90.1 cm³/mol. The van der Waals surface area contributed by atoms with Crippen molar-refractivity contribution in [1.29, 1.82) is 0 Å². The summed E-state index contributed by atoms with van der Waals surface area (Å²) in [4.78, 5) is 24.9. The molecule has 5 N–H and O–H groups in total. The van der Waals surface area contributed by atoms with Gasteiger partial charge in [-0.05, 0) is 45.0 Å². The number of hydrogen-bond donors (Lipinski definition) is 4. The van der Waals surface area contributed by atoms with E-state index in [1.807, 2.05) is 12.1 Å². The van der Waals surface area contributed by atoms with Gasteiger partial charge in [0.1, 0.15) is 6.04 Å². The minimum absolute atomic E-state index is 0.399. The molecule has 0 saturated carbocycles. The first-order chi connectivity index (χ1) is 10.8. The van der Waals surface area contributed by atoms with Crippen LogP contribution in [0.3, 0.4) is 0 Å². The second kappa shape index (κ2) is 8.58. The summed E-state index contributed by atoms with van der Waals surface area (Å²) >= 11 is 1.57. The minimum atomic E-state index is -1.06. The smallest absolute Gasteiger partial charge is 0.267 e. The Hall–Kier alpha value is -2.01.